The summed E-state index contributed by atoms with van der Waals surface area (Å²) in [5.74, 6) is 1.24. The number of hydrogen-bond donors (Lipinski definition) is 2. The van der Waals surface area contributed by atoms with Gasteiger partial charge in [0.2, 0.25) is 5.91 Å². The van der Waals surface area contributed by atoms with Gasteiger partial charge < -0.3 is 10.1 Å². The predicted octanol–water partition coefficient (Wildman–Crippen LogP) is 2.22. The molecule has 1 heterocycles. The second-order valence-corrected chi connectivity index (χ2v) is 5.10. The topological polar surface area (TPSA) is 67.0 Å². The zero-order valence-corrected chi connectivity index (χ0v) is 12.1. The van der Waals surface area contributed by atoms with Crippen molar-refractivity contribution in [3.63, 3.8) is 0 Å². The van der Waals surface area contributed by atoms with Crippen LogP contribution in [0, 0.1) is 0 Å². The van der Waals surface area contributed by atoms with E-state index in [2.05, 4.69) is 15.5 Å². The van der Waals surface area contributed by atoms with Gasteiger partial charge in [0.1, 0.15) is 5.75 Å². The first-order chi connectivity index (χ1) is 9.78. The summed E-state index contributed by atoms with van der Waals surface area (Å²) in [5.41, 5.74) is 0.893. The Labute approximate surface area is 122 Å². The van der Waals surface area contributed by atoms with E-state index in [1.807, 2.05) is 37.3 Å². The Morgan fingerprint density at radius 2 is 2.15 bits per heavy atom. The van der Waals surface area contributed by atoms with Crippen molar-refractivity contribution >= 4 is 17.7 Å². The largest absolute Gasteiger partial charge is 0.494 e. The number of ether oxygens (including phenoxy) is 1. The monoisotopic (exact) mass is 291 g/mol. The Morgan fingerprint density at radius 3 is 2.80 bits per heavy atom. The first kappa shape index (κ1) is 14.5. The average molecular weight is 291 g/mol. The summed E-state index contributed by atoms with van der Waals surface area (Å²) in [6.45, 7) is 3.08. The van der Waals surface area contributed by atoms with Gasteiger partial charge in [0.15, 0.2) is 0 Å². The summed E-state index contributed by atoms with van der Waals surface area (Å²) in [5, 5.41) is 9.45. The van der Waals surface area contributed by atoms with Crippen LogP contribution in [0.3, 0.4) is 0 Å². The molecule has 2 aromatic rings. The summed E-state index contributed by atoms with van der Waals surface area (Å²) in [6, 6.07) is 9.57. The molecule has 6 heteroatoms. The van der Waals surface area contributed by atoms with Gasteiger partial charge in [-0.1, -0.05) is 0 Å². The van der Waals surface area contributed by atoms with E-state index in [4.69, 9.17) is 4.74 Å². The highest BCUT2D eigenvalue weighted by Gasteiger charge is 2.03. The Kier molecular flexibility index (Phi) is 5.49. The maximum atomic E-state index is 11.7. The van der Waals surface area contributed by atoms with Crippen molar-refractivity contribution in [3.8, 4) is 5.75 Å². The van der Waals surface area contributed by atoms with Crippen molar-refractivity contribution in [1.29, 1.82) is 0 Å². The number of benzene rings is 1. The van der Waals surface area contributed by atoms with Crippen molar-refractivity contribution in [3.05, 3.63) is 42.2 Å². The number of nitrogens with one attached hydrogen (secondary N) is 2. The fraction of sp³-hybridized carbons (Fsp3) is 0.286. The molecular formula is C14H17N3O2S. The lowest BCUT2D eigenvalue weighted by molar-refractivity contribution is -0.118. The molecule has 0 atom stereocenters. The number of carbonyl (C=O) groups is 1. The molecule has 1 aromatic carbocycles. The normalized spacial score (nSPS) is 10.2. The van der Waals surface area contributed by atoms with Crippen LogP contribution in [0.2, 0.25) is 0 Å². The highest BCUT2D eigenvalue weighted by Crippen LogP contribution is 2.21. The zero-order valence-electron chi connectivity index (χ0n) is 11.3. The summed E-state index contributed by atoms with van der Waals surface area (Å²) in [4.78, 5) is 12.7. The summed E-state index contributed by atoms with van der Waals surface area (Å²) in [6.07, 6.45) is 1.66. The molecular weight excluding hydrogens is 274 g/mol. The first-order valence-corrected chi connectivity index (χ1v) is 7.37. The van der Waals surface area contributed by atoms with Gasteiger partial charge in [0, 0.05) is 11.1 Å². The Balaban J connectivity index is 1.72. The third-order valence-corrected chi connectivity index (χ3v) is 3.55. The van der Waals surface area contributed by atoms with Crippen molar-refractivity contribution in [2.24, 2.45) is 0 Å². The quantitative estimate of drug-likeness (QED) is 0.768. The van der Waals surface area contributed by atoms with Crippen LogP contribution in [0.1, 0.15) is 12.6 Å². The van der Waals surface area contributed by atoms with E-state index in [0.717, 1.165) is 16.3 Å². The minimum atomic E-state index is -0.00140. The fourth-order valence-corrected chi connectivity index (χ4v) is 2.30. The van der Waals surface area contributed by atoms with Crippen molar-refractivity contribution in [1.82, 2.24) is 15.5 Å². The number of thioether (sulfide) groups is 1. The van der Waals surface area contributed by atoms with Gasteiger partial charge in [-0.15, -0.1) is 11.8 Å². The van der Waals surface area contributed by atoms with Crippen LogP contribution < -0.4 is 10.1 Å². The molecule has 0 bridgehead atoms. The van der Waals surface area contributed by atoms with Crippen LogP contribution in [0.5, 0.6) is 5.75 Å². The summed E-state index contributed by atoms with van der Waals surface area (Å²) < 4.78 is 5.37. The molecule has 0 unspecified atom stereocenters. The second-order valence-electron chi connectivity index (χ2n) is 4.05. The Morgan fingerprint density at radius 1 is 1.35 bits per heavy atom. The van der Waals surface area contributed by atoms with E-state index in [0.29, 0.717) is 18.9 Å². The first-order valence-electron chi connectivity index (χ1n) is 6.38. The molecule has 106 valence electrons. The predicted molar refractivity (Wildman–Crippen MR) is 78.8 cm³/mol. The molecule has 0 saturated heterocycles. The van der Waals surface area contributed by atoms with Gasteiger partial charge in [-0.05, 0) is 37.3 Å². The lowest BCUT2D eigenvalue weighted by atomic mass is 10.3. The van der Waals surface area contributed by atoms with E-state index in [1.54, 1.807) is 6.20 Å². The SMILES string of the molecule is CCOc1ccc(SCC(=O)NCc2ccn[nH]2)cc1. The Bertz CT molecular complexity index is 526. The maximum Gasteiger partial charge on any atom is 0.230 e. The number of aromatic nitrogens is 2. The van der Waals surface area contributed by atoms with Crippen LogP contribution in [-0.4, -0.2) is 28.5 Å². The minimum absolute atomic E-state index is 0.00140. The standard InChI is InChI=1S/C14H17N3O2S/c1-2-19-12-3-5-13(6-4-12)20-10-14(18)15-9-11-7-8-16-17-11/h3-8H,2,9-10H2,1H3,(H,15,18)(H,16,17). The number of hydrogen-bond acceptors (Lipinski definition) is 4. The molecule has 0 spiro atoms. The molecule has 0 fully saturated rings. The molecule has 0 aliphatic heterocycles. The smallest absolute Gasteiger partial charge is 0.230 e. The summed E-state index contributed by atoms with van der Waals surface area (Å²) >= 11 is 1.50. The van der Waals surface area contributed by atoms with Gasteiger partial charge in [0.25, 0.3) is 0 Å². The van der Waals surface area contributed by atoms with Gasteiger partial charge in [-0.25, -0.2) is 0 Å². The third kappa shape index (κ3) is 4.62. The van der Waals surface area contributed by atoms with Crippen LogP contribution >= 0.6 is 11.8 Å². The van der Waals surface area contributed by atoms with Gasteiger partial charge in [-0.3, -0.25) is 9.89 Å². The van der Waals surface area contributed by atoms with E-state index < -0.39 is 0 Å². The second kappa shape index (κ2) is 7.59. The molecule has 20 heavy (non-hydrogen) atoms. The van der Waals surface area contributed by atoms with Crippen molar-refractivity contribution in [2.45, 2.75) is 18.4 Å². The van der Waals surface area contributed by atoms with Crippen LogP contribution in [0.25, 0.3) is 0 Å². The van der Waals surface area contributed by atoms with Crippen LogP contribution in [0.4, 0.5) is 0 Å². The van der Waals surface area contributed by atoms with Gasteiger partial charge in [-0.2, -0.15) is 5.10 Å². The van der Waals surface area contributed by atoms with E-state index in [9.17, 15) is 4.79 Å². The molecule has 0 aliphatic carbocycles. The van der Waals surface area contributed by atoms with Gasteiger partial charge in [0.05, 0.1) is 24.6 Å². The van der Waals surface area contributed by atoms with Crippen LogP contribution in [0.15, 0.2) is 41.4 Å². The zero-order chi connectivity index (χ0) is 14.2. The lowest BCUT2D eigenvalue weighted by Gasteiger charge is -2.05. The Hall–Kier alpha value is -1.95. The maximum absolute atomic E-state index is 11.7. The molecule has 2 rings (SSSR count). The van der Waals surface area contributed by atoms with E-state index >= 15 is 0 Å². The third-order valence-electron chi connectivity index (χ3n) is 2.54. The number of amides is 1. The number of rotatable bonds is 7. The molecule has 0 aliphatic rings. The average Bonchev–Trinajstić information content (AvgIpc) is 2.98. The van der Waals surface area contributed by atoms with E-state index in [1.165, 1.54) is 11.8 Å². The van der Waals surface area contributed by atoms with Crippen molar-refractivity contribution < 1.29 is 9.53 Å². The minimum Gasteiger partial charge on any atom is -0.494 e. The molecule has 2 N–H and O–H groups in total. The fourth-order valence-electron chi connectivity index (χ4n) is 1.58. The molecule has 5 nitrogen and oxygen atoms in total. The molecule has 0 radical (unpaired) electrons. The highest BCUT2D eigenvalue weighted by atomic mass is 32.2. The van der Waals surface area contributed by atoms with Crippen LogP contribution in [-0.2, 0) is 11.3 Å². The lowest BCUT2D eigenvalue weighted by Crippen LogP contribution is -2.24. The van der Waals surface area contributed by atoms with Gasteiger partial charge >= 0.3 is 0 Å². The van der Waals surface area contributed by atoms with Crippen molar-refractivity contribution in [2.75, 3.05) is 12.4 Å². The number of H-pyrrole nitrogens is 1. The molecule has 1 amide bonds. The van der Waals surface area contributed by atoms with E-state index in [-0.39, 0.29) is 5.91 Å². The highest BCUT2D eigenvalue weighted by molar-refractivity contribution is 8.00. The molecule has 1 aromatic heterocycles. The number of aromatic amines is 1. The molecule has 0 saturated carbocycles. The summed E-state index contributed by atoms with van der Waals surface area (Å²) in [7, 11) is 0. The number of nitrogens with zero attached hydrogens (tertiary/aromatic N) is 1. The number of carbonyl (C=O) groups excluding carboxylic acids is 1.